The molecule has 2 aromatic carbocycles. The highest BCUT2D eigenvalue weighted by atomic mass is 16.7. The van der Waals surface area contributed by atoms with E-state index in [2.05, 4.69) is 4.99 Å². The van der Waals surface area contributed by atoms with Gasteiger partial charge >= 0.3 is 0 Å². The zero-order valence-electron chi connectivity index (χ0n) is 21.7. The number of fused-ring (bicyclic) bond motifs is 2. The lowest BCUT2D eigenvalue weighted by molar-refractivity contribution is -0.279. The molecule has 0 saturated carbocycles. The number of aliphatic hydroxyl groups is 3. The van der Waals surface area contributed by atoms with Crippen molar-refractivity contribution >= 4 is 22.8 Å². The SMILES string of the molecule is COc1cc(O[C@H]2O[C@H](COCC3=C4[CH+]C=CC=C4N=C3)[C@@H](O)[C@H](O)[C@H]2O)c2c(O)c(C(C)=O)c(C)cc2c1. The maximum absolute atomic E-state index is 12.2. The molecule has 5 atom stereocenters. The number of aliphatic imine (C=N–C) groups is 1. The second-order valence-electron chi connectivity index (χ2n) is 9.65. The van der Waals surface area contributed by atoms with Crippen LogP contribution in [0.25, 0.3) is 10.8 Å². The fraction of sp³-hybridized carbons (Fsp3) is 0.345. The molecule has 2 aromatic rings. The van der Waals surface area contributed by atoms with Gasteiger partial charge < -0.3 is 39.4 Å². The van der Waals surface area contributed by atoms with Crippen LogP contribution in [-0.4, -0.2) is 83.5 Å². The first-order valence-electron chi connectivity index (χ1n) is 12.5. The number of methoxy groups -OCH3 is 1. The summed E-state index contributed by atoms with van der Waals surface area (Å²) in [6.45, 7) is 3.14. The lowest BCUT2D eigenvalue weighted by Crippen LogP contribution is -2.60. The smallest absolute Gasteiger partial charge is 0.229 e. The second kappa shape index (κ2) is 10.8. The van der Waals surface area contributed by atoms with Crippen molar-refractivity contribution in [3.8, 4) is 17.2 Å². The van der Waals surface area contributed by atoms with Gasteiger partial charge in [-0.15, -0.1) is 0 Å². The van der Waals surface area contributed by atoms with E-state index in [1.807, 2.05) is 24.6 Å². The molecule has 0 amide bonds. The molecule has 204 valence electrons. The van der Waals surface area contributed by atoms with Crippen molar-refractivity contribution in [2.24, 2.45) is 4.99 Å². The summed E-state index contributed by atoms with van der Waals surface area (Å²) in [5.41, 5.74) is 3.36. The van der Waals surface area contributed by atoms with Gasteiger partial charge in [-0.05, 0) is 30.9 Å². The maximum atomic E-state index is 12.2. The standard InChI is InChI=1S/C29H29NO9/c1-14-8-16-9-18(36-3)10-21(24(16)26(33)23(14)15(2)31)38-29-28(35)27(34)25(32)22(39-29)13-37-12-17-11-30-20-7-5-4-6-19(17)20/h4-11,22,25,27-29,32,34-35H,12-13H2,1-3H3/p+1/t22-,25-,27+,28-,29+/m1/s1. The number of benzene rings is 2. The second-order valence-corrected chi connectivity index (χ2v) is 9.65. The first-order chi connectivity index (χ1) is 18.7. The van der Waals surface area contributed by atoms with E-state index in [0.717, 1.165) is 16.8 Å². The van der Waals surface area contributed by atoms with Crippen LogP contribution in [-0.2, 0) is 9.47 Å². The van der Waals surface area contributed by atoms with E-state index in [1.54, 1.807) is 25.3 Å². The Morgan fingerprint density at radius 2 is 1.95 bits per heavy atom. The van der Waals surface area contributed by atoms with Gasteiger partial charge in [0.25, 0.3) is 0 Å². The molecule has 0 aromatic heterocycles. The van der Waals surface area contributed by atoms with E-state index in [9.17, 15) is 25.2 Å². The lowest BCUT2D eigenvalue weighted by Gasteiger charge is -2.40. The van der Waals surface area contributed by atoms with Crippen LogP contribution in [0.4, 0.5) is 0 Å². The van der Waals surface area contributed by atoms with Crippen LogP contribution < -0.4 is 9.47 Å². The molecule has 0 radical (unpaired) electrons. The fourth-order valence-electron chi connectivity index (χ4n) is 5.00. The molecule has 4 N–H and O–H groups in total. The number of phenolic OH excluding ortho intramolecular Hbond substituents is 1. The average molecular weight is 537 g/mol. The van der Waals surface area contributed by atoms with Gasteiger partial charge in [0.15, 0.2) is 11.5 Å². The van der Waals surface area contributed by atoms with E-state index >= 15 is 0 Å². The molecular weight excluding hydrogens is 506 g/mol. The first-order valence-corrected chi connectivity index (χ1v) is 12.5. The molecule has 1 fully saturated rings. The summed E-state index contributed by atoms with van der Waals surface area (Å²) < 4.78 is 23.0. The summed E-state index contributed by atoms with van der Waals surface area (Å²) in [7, 11) is 1.46. The number of aryl methyl sites for hydroxylation is 1. The van der Waals surface area contributed by atoms with Crippen LogP contribution in [0.5, 0.6) is 17.2 Å². The van der Waals surface area contributed by atoms with Gasteiger partial charge in [-0.2, -0.15) is 4.99 Å². The number of aromatic hydroxyl groups is 1. The van der Waals surface area contributed by atoms with Gasteiger partial charge in [0.05, 0.1) is 36.5 Å². The summed E-state index contributed by atoms with van der Waals surface area (Å²) in [5.74, 6) is -0.151. The number of carbonyl (C=O) groups excluding carboxylic acids is 1. The summed E-state index contributed by atoms with van der Waals surface area (Å²) in [6, 6.07) is 4.87. The molecule has 3 aliphatic rings. The van der Waals surface area contributed by atoms with Crippen LogP contribution in [0, 0.1) is 13.3 Å². The Balaban J connectivity index is 1.38. The number of hydrogen-bond donors (Lipinski definition) is 4. The minimum Gasteiger partial charge on any atom is -0.506 e. The van der Waals surface area contributed by atoms with E-state index in [0.29, 0.717) is 16.7 Å². The van der Waals surface area contributed by atoms with Gasteiger partial charge in [-0.25, -0.2) is 0 Å². The van der Waals surface area contributed by atoms with Gasteiger partial charge in [0.1, 0.15) is 53.8 Å². The number of hydrogen-bond acceptors (Lipinski definition) is 10. The van der Waals surface area contributed by atoms with E-state index in [-0.39, 0.29) is 41.4 Å². The highest BCUT2D eigenvalue weighted by Gasteiger charge is 2.45. The van der Waals surface area contributed by atoms with Crippen molar-refractivity contribution in [2.45, 2.75) is 44.6 Å². The number of ketones is 1. The maximum Gasteiger partial charge on any atom is 0.229 e. The third-order valence-electron chi connectivity index (χ3n) is 6.99. The molecule has 2 heterocycles. The predicted molar refractivity (Wildman–Crippen MR) is 142 cm³/mol. The molecule has 39 heavy (non-hydrogen) atoms. The third-order valence-corrected chi connectivity index (χ3v) is 6.99. The van der Waals surface area contributed by atoms with E-state index in [4.69, 9.17) is 18.9 Å². The molecule has 0 unspecified atom stereocenters. The number of rotatable bonds is 8. The number of carbonyl (C=O) groups is 1. The summed E-state index contributed by atoms with van der Waals surface area (Å²) in [6.07, 6.45) is 2.20. The quantitative estimate of drug-likeness (QED) is 0.295. The Morgan fingerprint density at radius 1 is 1.15 bits per heavy atom. The lowest BCUT2D eigenvalue weighted by atomic mass is 9.96. The predicted octanol–water partition coefficient (Wildman–Crippen LogP) is 2.31. The molecule has 0 spiro atoms. The van der Waals surface area contributed by atoms with Crippen molar-refractivity contribution in [3.63, 3.8) is 0 Å². The summed E-state index contributed by atoms with van der Waals surface area (Å²) in [5, 5.41) is 43.6. The summed E-state index contributed by atoms with van der Waals surface area (Å²) >= 11 is 0. The first kappa shape index (κ1) is 26.9. The monoisotopic (exact) mass is 536 g/mol. The number of allylic oxidation sites excluding steroid dienone is 4. The third kappa shape index (κ3) is 5.05. The Labute approximate surface area is 225 Å². The van der Waals surface area contributed by atoms with Gasteiger partial charge in [0.2, 0.25) is 6.29 Å². The van der Waals surface area contributed by atoms with E-state index < -0.39 is 30.7 Å². The molecule has 5 rings (SSSR count). The molecule has 1 saturated heterocycles. The molecule has 10 heteroatoms. The van der Waals surface area contributed by atoms with Crippen LogP contribution in [0.1, 0.15) is 22.8 Å². The van der Waals surface area contributed by atoms with Gasteiger partial charge in [0, 0.05) is 30.7 Å². The zero-order valence-corrected chi connectivity index (χ0v) is 21.7. The molecule has 1 aliphatic carbocycles. The van der Waals surface area contributed by atoms with Crippen molar-refractivity contribution in [1.82, 2.24) is 0 Å². The number of aliphatic hydroxyl groups excluding tert-OH is 3. The Hall–Kier alpha value is -3.67. The Morgan fingerprint density at radius 3 is 2.69 bits per heavy atom. The number of Topliss-reactive ketones (excluding diaryl/α,β-unsaturated/α-hetero) is 1. The number of nitrogens with zero attached hydrogens (tertiary/aromatic N) is 1. The Bertz CT molecular complexity index is 1420. The van der Waals surface area contributed by atoms with Crippen LogP contribution in [0.15, 0.2) is 58.3 Å². The normalized spacial score (nSPS) is 25.9. The zero-order chi connectivity index (χ0) is 27.8. The van der Waals surface area contributed by atoms with Crippen molar-refractivity contribution < 1.29 is 44.2 Å². The van der Waals surface area contributed by atoms with Crippen LogP contribution in [0.2, 0.25) is 0 Å². The summed E-state index contributed by atoms with van der Waals surface area (Å²) in [4.78, 5) is 16.6. The van der Waals surface area contributed by atoms with E-state index in [1.165, 1.54) is 20.1 Å². The topological polar surface area (TPSA) is 147 Å². The van der Waals surface area contributed by atoms with Gasteiger partial charge in [-0.3, -0.25) is 4.79 Å². The average Bonchev–Trinajstić information content (AvgIpc) is 3.32. The highest BCUT2D eigenvalue weighted by molar-refractivity contribution is 6.07. The fourth-order valence-corrected chi connectivity index (χ4v) is 5.00. The minimum atomic E-state index is -1.62. The largest absolute Gasteiger partial charge is 0.506 e. The Kier molecular flexibility index (Phi) is 7.48. The van der Waals surface area contributed by atoms with Gasteiger partial charge in [-0.1, -0.05) is 6.07 Å². The van der Waals surface area contributed by atoms with Crippen LogP contribution >= 0.6 is 0 Å². The molecular formula is C29H30NO9+. The van der Waals surface area contributed by atoms with Crippen molar-refractivity contribution in [3.05, 3.63) is 70.8 Å². The molecule has 0 bridgehead atoms. The minimum absolute atomic E-state index is 0.0611. The number of phenols is 1. The van der Waals surface area contributed by atoms with Crippen molar-refractivity contribution in [1.29, 1.82) is 0 Å². The molecule has 2 aliphatic heterocycles. The number of ether oxygens (including phenoxy) is 4. The molecule has 10 nitrogen and oxygen atoms in total. The van der Waals surface area contributed by atoms with Crippen molar-refractivity contribution in [2.75, 3.05) is 20.3 Å². The highest BCUT2D eigenvalue weighted by Crippen LogP contribution is 2.42. The van der Waals surface area contributed by atoms with Crippen LogP contribution in [0.3, 0.4) is 0 Å².